The third-order valence-electron chi connectivity index (χ3n) is 2.55. The zero-order valence-corrected chi connectivity index (χ0v) is 14.6. The van der Waals surface area contributed by atoms with E-state index in [1.165, 1.54) is 11.7 Å². The minimum Gasteiger partial charge on any atom is -1.00 e. The first-order chi connectivity index (χ1) is 9.31. The molecule has 7 heteroatoms. The summed E-state index contributed by atoms with van der Waals surface area (Å²) < 4.78 is 21.4. The number of rotatable bonds is 7. The molecule has 0 spiro atoms. The molecule has 0 saturated carbocycles. The Kier molecular flexibility index (Phi) is 7.93. The summed E-state index contributed by atoms with van der Waals surface area (Å²) in [5.41, 5.74) is 1.82. The van der Waals surface area contributed by atoms with Gasteiger partial charge in [-0.25, -0.2) is 4.57 Å². The molecule has 2 heterocycles. The lowest BCUT2D eigenvalue weighted by Crippen LogP contribution is -3.00. The average molecular weight is 407 g/mol. The predicted molar refractivity (Wildman–Crippen MR) is 73.1 cm³/mol. The third-order valence-corrected chi connectivity index (χ3v) is 3.06. The van der Waals surface area contributed by atoms with Crippen LogP contribution in [-0.2, 0) is 11.8 Å². The van der Waals surface area contributed by atoms with Gasteiger partial charge in [-0.1, -0.05) is 0 Å². The highest BCUT2D eigenvalue weighted by Crippen LogP contribution is 2.26. The van der Waals surface area contributed by atoms with Crippen LogP contribution in [0.25, 0.3) is 11.3 Å². The van der Waals surface area contributed by atoms with Crippen LogP contribution in [0.1, 0.15) is 13.3 Å². The summed E-state index contributed by atoms with van der Waals surface area (Å²) in [6.07, 6.45) is 4.84. The largest absolute Gasteiger partial charge is 1.00 e. The van der Waals surface area contributed by atoms with Gasteiger partial charge in [0.15, 0.2) is 18.1 Å². The molecule has 0 atom stereocenters. The summed E-state index contributed by atoms with van der Waals surface area (Å²) in [4.78, 5) is 0. The second-order valence-electron chi connectivity index (χ2n) is 4.08. The summed E-state index contributed by atoms with van der Waals surface area (Å²) in [6, 6.07) is 3.98. The van der Waals surface area contributed by atoms with E-state index in [2.05, 4.69) is 8.75 Å². The Labute approximate surface area is 140 Å². The molecule has 110 valence electrons. The summed E-state index contributed by atoms with van der Waals surface area (Å²) >= 11 is 1.17. The van der Waals surface area contributed by atoms with E-state index >= 15 is 0 Å². The Bertz CT molecular complexity index is 522. The number of hydrogen-bond donors (Lipinski definition) is 0. The molecule has 0 aliphatic carbocycles. The molecule has 0 fully saturated rings. The van der Waals surface area contributed by atoms with Gasteiger partial charge in [0.25, 0.3) is 5.88 Å². The van der Waals surface area contributed by atoms with Crippen molar-refractivity contribution in [2.75, 3.05) is 19.8 Å². The van der Waals surface area contributed by atoms with E-state index in [0.29, 0.717) is 19.1 Å². The first-order valence-electron chi connectivity index (χ1n) is 6.30. The second-order valence-corrected chi connectivity index (χ2v) is 4.60. The van der Waals surface area contributed by atoms with Crippen molar-refractivity contribution in [2.45, 2.75) is 13.3 Å². The number of aromatic nitrogens is 3. The zero-order chi connectivity index (χ0) is 13.5. The van der Waals surface area contributed by atoms with Crippen LogP contribution in [0.2, 0.25) is 0 Å². The Hall–Kier alpha value is -0.800. The van der Waals surface area contributed by atoms with Gasteiger partial charge in [-0.15, -0.1) is 4.37 Å². The van der Waals surface area contributed by atoms with Crippen LogP contribution in [0.4, 0.5) is 0 Å². The SMILES string of the molecule is CCOCCCOc1nsnc1-c1ccc[n+](C)c1.[I-]. The Morgan fingerprint density at radius 3 is 2.90 bits per heavy atom. The number of aryl methyl sites for hydroxylation is 1. The Morgan fingerprint density at radius 1 is 1.30 bits per heavy atom. The minimum absolute atomic E-state index is 0. The van der Waals surface area contributed by atoms with Gasteiger partial charge in [-0.2, -0.15) is 4.37 Å². The molecule has 0 radical (unpaired) electrons. The fourth-order valence-corrected chi connectivity index (χ4v) is 2.17. The fourth-order valence-electron chi connectivity index (χ4n) is 1.65. The van der Waals surface area contributed by atoms with Gasteiger partial charge in [-0.3, -0.25) is 0 Å². The molecule has 5 nitrogen and oxygen atoms in total. The molecular weight excluding hydrogens is 389 g/mol. The number of nitrogens with zero attached hydrogens (tertiary/aromatic N) is 3. The molecule has 0 aliphatic heterocycles. The minimum atomic E-state index is 0. The number of pyridine rings is 1. The lowest BCUT2D eigenvalue weighted by molar-refractivity contribution is -0.671. The number of hydrogen-bond acceptors (Lipinski definition) is 5. The van der Waals surface area contributed by atoms with E-state index in [4.69, 9.17) is 9.47 Å². The van der Waals surface area contributed by atoms with E-state index in [1.807, 2.05) is 43.1 Å². The lowest BCUT2D eigenvalue weighted by Gasteiger charge is -2.04. The molecule has 0 aliphatic rings. The molecule has 0 amide bonds. The summed E-state index contributed by atoms with van der Waals surface area (Å²) in [6.45, 7) is 4.03. The topological polar surface area (TPSA) is 48.1 Å². The maximum absolute atomic E-state index is 5.67. The van der Waals surface area contributed by atoms with Crippen molar-refractivity contribution in [3.8, 4) is 17.1 Å². The molecule has 2 rings (SSSR count). The van der Waals surface area contributed by atoms with E-state index < -0.39 is 0 Å². The van der Waals surface area contributed by atoms with E-state index in [-0.39, 0.29) is 24.0 Å². The highest BCUT2D eigenvalue weighted by Gasteiger charge is 2.14. The third kappa shape index (κ3) is 4.95. The van der Waals surface area contributed by atoms with Gasteiger partial charge in [0.2, 0.25) is 0 Å². The normalized spacial score (nSPS) is 10.1. The number of ether oxygens (including phenoxy) is 2. The average Bonchev–Trinajstić information content (AvgIpc) is 2.87. The van der Waals surface area contributed by atoms with Gasteiger partial charge in [0.05, 0.1) is 23.9 Å². The fraction of sp³-hybridized carbons (Fsp3) is 0.462. The highest BCUT2D eigenvalue weighted by atomic mass is 127. The number of halogens is 1. The Morgan fingerprint density at radius 2 is 2.15 bits per heavy atom. The van der Waals surface area contributed by atoms with Crippen molar-refractivity contribution in [1.29, 1.82) is 0 Å². The molecule has 2 aromatic rings. The van der Waals surface area contributed by atoms with Gasteiger partial charge in [0, 0.05) is 25.7 Å². The van der Waals surface area contributed by atoms with Crippen molar-refractivity contribution in [1.82, 2.24) is 8.75 Å². The summed E-state index contributed by atoms with van der Waals surface area (Å²) in [5, 5.41) is 0. The smallest absolute Gasteiger partial charge is 0.254 e. The van der Waals surface area contributed by atoms with Gasteiger partial charge < -0.3 is 33.5 Å². The molecule has 20 heavy (non-hydrogen) atoms. The molecule has 0 aromatic carbocycles. The standard InChI is InChI=1S/C13H18N3O2S.HI/c1-3-17-8-5-9-18-13-12(14-19-15-13)11-6-4-7-16(2)10-11;/h4,6-7,10H,3,5,8-9H2,1-2H3;1H/q+1;/p-1. The van der Waals surface area contributed by atoms with Crippen LogP contribution in [0, 0.1) is 0 Å². The first kappa shape index (κ1) is 17.3. The van der Waals surface area contributed by atoms with Crippen molar-refractivity contribution < 1.29 is 38.0 Å². The van der Waals surface area contributed by atoms with Crippen LogP contribution in [0.3, 0.4) is 0 Å². The van der Waals surface area contributed by atoms with Crippen LogP contribution >= 0.6 is 11.7 Å². The van der Waals surface area contributed by atoms with Gasteiger partial charge in [-0.05, 0) is 13.0 Å². The Balaban J connectivity index is 0.00000200. The first-order valence-corrected chi connectivity index (χ1v) is 7.03. The van der Waals surface area contributed by atoms with Crippen LogP contribution < -0.4 is 33.3 Å². The molecule has 2 aromatic heterocycles. The van der Waals surface area contributed by atoms with Crippen LogP contribution in [0.15, 0.2) is 24.5 Å². The molecule has 0 N–H and O–H groups in total. The maximum atomic E-state index is 5.67. The highest BCUT2D eigenvalue weighted by molar-refractivity contribution is 6.99. The van der Waals surface area contributed by atoms with E-state index in [0.717, 1.165) is 24.3 Å². The molecular formula is C13H18IN3O2S. The predicted octanol–water partition coefficient (Wildman–Crippen LogP) is -1.16. The van der Waals surface area contributed by atoms with Gasteiger partial charge >= 0.3 is 0 Å². The van der Waals surface area contributed by atoms with E-state index in [9.17, 15) is 0 Å². The van der Waals surface area contributed by atoms with Crippen LogP contribution in [0.5, 0.6) is 5.88 Å². The lowest BCUT2D eigenvalue weighted by atomic mass is 10.2. The van der Waals surface area contributed by atoms with Crippen molar-refractivity contribution >= 4 is 11.7 Å². The summed E-state index contributed by atoms with van der Waals surface area (Å²) in [7, 11) is 1.98. The van der Waals surface area contributed by atoms with Crippen molar-refractivity contribution in [2.24, 2.45) is 7.05 Å². The quantitative estimate of drug-likeness (QED) is 0.330. The molecule has 0 bridgehead atoms. The second kappa shape index (κ2) is 9.19. The monoisotopic (exact) mass is 407 g/mol. The van der Waals surface area contributed by atoms with E-state index in [1.54, 1.807) is 0 Å². The van der Waals surface area contributed by atoms with Gasteiger partial charge in [0.1, 0.15) is 7.05 Å². The summed E-state index contributed by atoms with van der Waals surface area (Å²) in [5.74, 6) is 0.604. The van der Waals surface area contributed by atoms with Crippen LogP contribution in [-0.4, -0.2) is 28.6 Å². The zero-order valence-electron chi connectivity index (χ0n) is 11.6. The van der Waals surface area contributed by atoms with Crippen molar-refractivity contribution in [3.05, 3.63) is 24.5 Å². The molecule has 0 saturated heterocycles. The molecule has 0 unspecified atom stereocenters. The maximum Gasteiger partial charge on any atom is 0.254 e. The van der Waals surface area contributed by atoms with Crippen molar-refractivity contribution in [3.63, 3.8) is 0 Å².